The van der Waals surface area contributed by atoms with E-state index >= 15 is 0 Å². The summed E-state index contributed by atoms with van der Waals surface area (Å²) in [5, 5.41) is 0. The first-order valence-electron chi connectivity index (χ1n) is 6.07. The lowest BCUT2D eigenvalue weighted by Gasteiger charge is -2.32. The van der Waals surface area contributed by atoms with Gasteiger partial charge in [-0.3, -0.25) is 4.90 Å². The highest BCUT2D eigenvalue weighted by molar-refractivity contribution is 4.93. The highest BCUT2D eigenvalue weighted by Crippen LogP contribution is 2.39. The number of likely N-dealkylation sites (tertiary alicyclic amines) is 1. The molecule has 2 aliphatic rings. The molecule has 3 atom stereocenters. The van der Waals surface area contributed by atoms with Crippen molar-refractivity contribution in [3.8, 4) is 0 Å². The zero-order valence-electron chi connectivity index (χ0n) is 9.13. The smallest absolute Gasteiger partial charge is 0.0127 e. The molecular weight excluding hydrogens is 158 g/mol. The molecule has 1 heteroatoms. The third-order valence-corrected chi connectivity index (χ3v) is 4.01. The van der Waals surface area contributed by atoms with Crippen LogP contribution >= 0.6 is 0 Å². The summed E-state index contributed by atoms with van der Waals surface area (Å²) in [6.45, 7) is 7.48. The van der Waals surface area contributed by atoms with Gasteiger partial charge in [0.05, 0.1) is 0 Å². The van der Waals surface area contributed by atoms with Crippen LogP contribution in [0.4, 0.5) is 0 Å². The molecular formula is C12H23N. The molecule has 1 aliphatic heterocycles. The average Bonchev–Trinajstić information content (AvgIpc) is 2.46. The third kappa shape index (κ3) is 1.76. The minimum absolute atomic E-state index is 0.962. The van der Waals surface area contributed by atoms with Crippen molar-refractivity contribution in [3.63, 3.8) is 0 Å². The summed E-state index contributed by atoms with van der Waals surface area (Å²) in [6, 6.07) is 0.962. The second-order valence-corrected chi connectivity index (χ2v) is 4.99. The summed E-state index contributed by atoms with van der Waals surface area (Å²) >= 11 is 0. The fraction of sp³-hybridized carbons (Fsp3) is 1.00. The Kier molecular flexibility index (Phi) is 2.92. The molecule has 0 aromatic heterocycles. The van der Waals surface area contributed by atoms with Crippen molar-refractivity contribution < 1.29 is 0 Å². The van der Waals surface area contributed by atoms with Gasteiger partial charge >= 0.3 is 0 Å². The van der Waals surface area contributed by atoms with Crippen LogP contribution in [0.25, 0.3) is 0 Å². The first-order chi connectivity index (χ1) is 6.33. The van der Waals surface area contributed by atoms with Gasteiger partial charge in [-0.15, -0.1) is 0 Å². The lowest BCUT2D eigenvalue weighted by molar-refractivity contribution is 0.180. The lowest BCUT2D eigenvalue weighted by Crippen LogP contribution is -2.35. The molecule has 0 amide bonds. The molecule has 1 nitrogen and oxygen atoms in total. The molecule has 0 aromatic rings. The van der Waals surface area contributed by atoms with Crippen molar-refractivity contribution in [2.24, 2.45) is 11.8 Å². The largest absolute Gasteiger partial charge is 0.300 e. The zero-order valence-corrected chi connectivity index (χ0v) is 9.13. The highest BCUT2D eigenvalue weighted by Gasteiger charge is 2.39. The molecule has 2 fully saturated rings. The van der Waals surface area contributed by atoms with Crippen molar-refractivity contribution in [2.75, 3.05) is 13.1 Å². The van der Waals surface area contributed by atoms with Gasteiger partial charge in [-0.05, 0) is 37.6 Å². The maximum atomic E-state index is 2.76. The fourth-order valence-electron chi connectivity index (χ4n) is 3.44. The van der Waals surface area contributed by atoms with Crippen LogP contribution in [0.1, 0.15) is 46.0 Å². The van der Waals surface area contributed by atoms with Crippen LogP contribution in [0, 0.1) is 11.8 Å². The number of hydrogen-bond acceptors (Lipinski definition) is 1. The summed E-state index contributed by atoms with van der Waals surface area (Å²) < 4.78 is 0. The summed E-state index contributed by atoms with van der Waals surface area (Å²) in [6.07, 6.45) is 7.29. The van der Waals surface area contributed by atoms with E-state index in [0.717, 1.165) is 17.9 Å². The molecule has 0 aromatic carbocycles. The van der Waals surface area contributed by atoms with Gasteiger partial charge in [0, 0.05) is 12.6 Å². The molecule has 1 aliphatic carbocycles. The van der Waals surface area contributed by atoms with Gasteiger partial charge in [0.15, 0.2) is 0 Å². The average molecular weight is 181 g/mol. The molecule has 3 unspecified atom stereocenters. The van der Waals surface area contributed by atoms with Crippen LogP contribution in [0.15, 0.2) is 0 Å². The maximum absolute atomic E-state index is 2.76. The number of rotatable bonds is 2. The normalized spacial score (nSPS) is 40.6. The minimum atomic E-state index is 0.962. The van der Waals surface area contributed by atoms with E-state index in [-0.39, 0.29) is 0 Å². The van der Waals surface area contributed by atoms with E-state index in [9.17, 15) is 0 Å². The van der Waals surface area contributed by atoms with E-state index in [1.807, 2.05) is 0 Å². The van der Waals surface area contributed by atoms with Gasteiger partial charge in [0.1, 0.15) is 0 Å². The SMILES string of the molecule is CCCN1CC(C)C2CCCCC21. The first kappa shape index (κ1) is 9.51. The van der Waals surface area contributed by atoms with Crippen LogP contribution in [-0.4, -0.2) is 24.0 Å². The fourth-order valence-corrected chi connectivity index (χ4v) is 3.44. The van der Waals surface area contributed by atoms with Gasteiger partial charge in [-0.2, -0.15) is 0 Å². The molecule has 1 saturated carbocycles. The molecule has 0 spiro atoms. The zero-order chi connectivity index (χ0) is 9.26. The predicted molar refractivity (Wildman–Crippen MR) is 56.8 cm³/mol. The van der Waals surface area contributed by atoms with Gasteiger partial charge in [0.2, 0.25) is 0 Å². The van der Waals surface area contributed by atoms with Crippen LogP contribution < -0.4 is 0 Å². The van der Waals surface area contributed by atoms with Gasteiger partial charge in [-0.25, -0.2) is 0 Å². The molecule has 0 radical (unpaired) electrons. The Hall–Kier alpha value is -0.0400. The Morgan fingerprint density at radius 1 is 1.23 bits per heavy atom. The summed E-state index contributed by atoms with van der Waals surface area (Å²) in [7, 11) is 0. The molecule has 0 bridgehead atoms. The maximum Gasteiger partial charge on any atom is 0.0127 e. The standard InChI is InChI=1S/C12H23N/c1-3-8-13-9-10(2)11-6-4-5-7-12(11)13/h10-12H,3-9H2,1-2H3. The van der Waals surface area contributed by atoms with Crippen molar-refractivity contribution in [3.05, 3.63) is 0 Å². The molecule has 76 valence electrons. The Balaban J connectivity index is 1.99. The molecule has 1 saturated heterocycles. The summed E-state index contributed by atoms with van der Waals surface area (Å²) in [4.78, 5) is 2.76. The Morgan fingerprint density at radius 3 is 2.77 bits per heavy atom. The Labute approximate surface area is 82.5 Å². The first-order valence-corrected chi connectivity index (χ1v) is 6.07. The van der Waals surface area contributed by atoms with Crippen molar-refractivity contribution >= 4 is 0 Å². The Morgan fingerprint density at radius 2 is 2.00 bits per heavy atom. The second kappa shape index (κ2) is 4.00. The highest BCUT2D eigenvalue weighted by atomic mass is 15.2. The van der Waals surface area contributed by atoms with Crippen LogP contribution in [-0.2, 0) is 0 Å². The number of fused-ring (bicyclic) bond motifs is 1. The summed E-state index contributed by atoms with van der Waals surface area (Å²) in [5.74, 6) is 2.01. The van der Waals surface area contributed by atoms with Gasteiger partial charge in [-0.1, -0.05) is 26.7 Å². The van der Waals surface area contributed by atoms with Gasteiger partial charge in [0.25, 0.3) is 0 Å². The van der Waals surface area contributed by atoms with Crippen molar-refractivity contribution in [1.29, 1.82) is 0 Å². The summed E-state index contributed by atoms with van der Waals surface area (Å²) in [5.41, 5.74) is 0. The topological polar surface area (TPSA) is 3.24 Å². The third-order valence-electron chi connectivity index (χ3n) is 4.01. The van der Waals surface area contributed by atoms with Crippen LogP contribution in [0.3, 0.4) is 0 Å². The van der Waals surface area contributed by atoms with E-state index in [0.29, 0.717) is 0 Å². The molecule has 2 rings (SSSR count). The quantitative estimate of drug-likeness (QED) is 0.633. The molecule has 13 heavy (non-hydrogen) atoms. The van der Waals surface area contributed by atoms with Crippen molar-refractivity contribution in [2.45, 2.75) is 52.0 Å². The molecule has 0 N–H and O–H groups in total. The second-order valence-electron chi connectivity index (χ2n) is 4.99. The van der Waals surface area contributed by atoms with E-state index in [2.05, 4.69) is 18.7 Å². The van der Waals surface area contributed by atoms with Gasteiger partial charge < -0.3 is 0 Å². The van der Waals surface area contributed by atoms with Crippen molar-refractivity contribution in [1.82, 2.24) is 4.90 Å². The Bertz CT molecular complexity index is 167. The number of hydrogen-bond donors (Lipinski definition) is 0. The van der Waals surface area contributed by atoms with E-state index in [1.54, 1.807) is 0 Å². The number of nitrogens with zero attached hydrogens (tertiary/aromatic N) is 1. The van der Waals surface area contributed by atoms with Crippen LogP contribution in [0.2, 0.25) is 0 Å². The molecule has 1 heterocycles. The minimum Gasteiger partial charge on any atom is -0.300 e. The monoisotopic (exact) mass is 181 g/mol. The van der Waals surface area contributed by atoms with E-state index in [1.165, 1.54) is 45.2 Å². The predicted octanol–water partition coefficient (Wildman–Crippen LogP) is 2.91. The van der Waals surface area contributed by atoms with Crippen LogP contribution in [0.5, 0.6) is 0 Å². The van der Waals surface area contributed by atoms with E-state index in [4.69, 9.17) is 0 Å². The van der Waals surface area contributed by atoms with E-state index < -0.39 is 0 Å². The lowest BCUT2D eigenvalue weighted by atomic mass is 9.80.